The zero-order valence-corrected chi connectivity index (χ0v) is 10.7. The Bertz CT molecular complexity index is 473. The van der Waals surface area contributed by atoms with Crippen LogP contribution in [0.4, 0.5) is 0 Å². The van der Waals surface area contributed by atoms with Crippen LogP contribution in [0, 0.1) is 0 Å². The number of hydrogen-bond acceptors (Lipinski definition) is 2. The SMILES string of the molecule is CC(C)n1ccc(-c2cc(Cl)sc2Cl)n1. The topological polar surface area (TPSA) is 17.8 Å². The second-order valence-corrected chi connectivity index (χ2v) is 5.80. The summed E-state index contributed by atoms with van der Waals surface area (Å²) in [5.41, 5.74) is 1.78. The van der Waals surface area contributed by atoms with Gasteiger partial charge in [-0.05, 0) is 26.0 Å². The smallest absolute Gasteiger partial charge is 0.104 e. The van der Waals surface area contributed by atoms with Crippen molar-refractivity contribution in [2.45, 2.75) is 19.9 Å². The fraction of sp³-hybridized carbons (Fsp3) is 0.300. The van der Waals surface area contributed by atoms with Crippen LogP contribution in [0.1, 0.15) is 19.9 Å². The molecule has 2 aromatic heterocycles. The Morgan fingerprint density at radius 1 is 1.40 bits per heavy atom. The molecule has 0 N–H and O–H groups in total. The molecule has 0 aliphatic heterocycles. The van der Waals surface area contributed by atoms with Crippen molar-refractivity contribution >= 4 is 34.5 Å². The lowest BCUT2D eigenvalue weighted by Gasteiger charge is -2.03. The van der Waals surface area contributed by atoms with Gasteiger partial charge in [-0.25, -0.2) is 0 Å². The predicted molar refractivity (Wildman–Crippen MR) is 65.9 cm³/mol. The summed E-state index contributed by atoms with van der Waals surface area (Å²) >= 11 is 13.3. The fourth-order valence-corrected chi connectivity index (χ4v) is 2.77. The van der Waals surface area contributed by atoms with E-state index in [0.29, 0.717) is 14.7 Å². The maximum atomic E-state index is 6.05. The van der Waals surface area contributed by atoms with Gasteiger partial charge in [-0.1, -0.05) is 23.2 Å². The van der Waals surface area contributed by atoms with E-state index in [9.17, 15) is 0 Å². The van der Waals surface area contributed by atoms with E-state index < -0.39 is 0 Å². The monoisotopic (exact) mass is 260 g/mol. The molecule has 0 atom stereocenters. The van der Waals surface area contributed by atoms with E-state index in [4.69, 9.17) is 23.2 Å². The molecule has 2 rings (SSSR count). The van der Waals surface area contributed by atoms with Crippen LogP contribution in [-0.2, 0) is 0 Å². The summed E-state index contributed by atoms with van der Waals surface area (Å²) < 4.78 is 3.28. The molecule has 0 amide bonds. The van der Waals surface area contributed by atoms with Crippen molar-refractivity contribution < 1.29 is 0 Å². The molecule has 0 aliphatic rings. The molecule has 5 heteroatoms. The Morgan fingerprint density at radius 2 is 2.13 bits per heavy atom. The number of aromatic nitrogens is 2. The van der Waals surface area contributed by atoms with Gasteiger partial charge in [0, 0.05) is 17.8 Å². The summed E-state index contributed by atoms with van der Waals surface area (Å²) in [4.78, 5) is 0. The Kier molecular flexibility index (Phi) is 3.05. The van der Waals surface area contributed by atoms with Crippen LogP contribution in [0.15, 0.2) is 18.3 Å². The Labute approximate surface area is 102 Å². The van der Waals surface area contributed by atoms with E-state index >= 15 is 0 Å². The highest BCUT2D eigenvalue weighted by molar-refractivity contribution is 7.20. The molecule has 0 radical (unpaired) electrons. The molecular weight excluding hydrogens is 251 g/mol. The average molecular weight is 261 g/mol. The third-order valence-corrected chi connectivity index (χ3v) is 3.56. The molecule has 15 heavy (non-hydrogen) atoms. The quantitative estimate of drug-likeness (QED) is 0.778. The van der Waals surface area contributed by atoms with Gasteiger partial charge >= 0.3 is 0 Å². The van der Waals surface area contributed by atoms with E-state index in [1.165, 1.54) is 11.3 Å². The van der Waals surface area contributed by atoms with Gasteiger partial charge in [0.25, 0.3) is 0 Å². The summed E-state index contributed by atoms with van der Waals surface area (Å²) in [6, 6.07) is 4.15. The third-order valence-electron chi connectivity index (χ3n) is 2.07. The lowest BCUT2D eigenvalue weighted by molar-refractivity contribution is 0.534. The zero-order valence-electron chi connectivity index (χ0n) is 8.37. The normalized spacial score (nSPS) is 11.3. The highest BCUT2D eigenvalue weighted by atomic mass is 35.5. The maximum absolute atomic E-state index is 6.05. The van der Waals surface area contributed by atoms with Gasteiger partial charge in [-0.3, -0.25) is 4.68 Å². The molecule has 0 saturated heterocycles. The third kappa shape index (κ3) is 2.19. The molecule has 0 spiro atoms. The van der Waals surface area contributed by atoms with E-state index in [0.717, 1.165) is 11.3 Å². The molecule has 0 bridgehead atoms. The molecular formula is C10H10Cl2N2S. The van der Waals surface area contributed by atoms with Gasteiger partial charge in [0.15, 0.2) is 0 Å². The summed E-state index contributed by atoms with van der Waals surface area (Å²) in [6.07, 6.45) is 1.95. The number of halogens is 2. The number of thiophene rings is 1. The molecule has 2 heterocycles. The second-order valence-electron chi connectivity index (χ2n) is 3.51. The summed E-state index contributed by atoms with van der Waals surface area (Å²) in [5, 5.41) is 4.43. The van der Waals surface area contributed by atoms with Crippen molar-refractivity contribution in [1.82, 2.24) is 9.78 Å². The minimum absolute atomic E-state index is 0.353. The molecule has 80 valence electrons. The number of hydrogen-bond donors (Lipinski definition) is 0. The summed E-state index contributed by atoms with van der Waals surface area (Å²) in [6.45, 7) is 4.16. The van der Waals surface area contributed by atoms with Gasteiger partial charge in [0.05, 0.1) is 10.0 Å². The second kappa shape index (κ2) is 4.16. The van der Waals surface area contributed by atoms with Crippen LogP contribution in [0.5, 0.6) is 0 Å². The average Bonchev–Trinajstić information content (AvgIpc) is 2.71. The van der Waals surface area contributed by atoms with E-state index in [2.05, 4.69) is 18.9 Å². The summed E-state index contributed by atoms with van der Waals surface area (Å²) in [7, 11) is 0. The summed E-state index contributed by atoms with van der Waals surface area (Å²) in [5.74, 6) is 0. The molecule has 0 aromatic carbocycles. The first-order chi connectivity index (χ1) is 7.08. The first-order valence-electron chi connectivity index (χ1n) is 4.58. The van der Waals surface area contributed by atoms with Crippen LogP contribution in [0.3, 0.4) is 0 Å². The molecule has 2 nitrogen and oxygen atoms in total. The van der Waals surface area contributed by atoms with E-state index in [-0.39, 0.29) is 0 Å². The lowest BCUT2D eigenvalue weighted by Crippen LogP contribution is -2.00. The highest BCUT2D eigenvalue weighted by Gasteiger charge is 2.11. The number of nitrogens with zero attached hydrogens (tertiary/aromatic N) is 2. The van der Waals surface area contributed by atoms with Crippen LogP contribution in [-0.4, -0.2) is 9.78 Å². The highest BCUT2D eigenvalue weighted by Crippen LogP contribution is 2.37. The van der Waals surface area contributed by atoms with E-state index in [1.54, 1.807) is 0 Å². The molecule has 2 aromatic rings. The van der Waals surface area contributed by atoms with Crippen LogP contribution in [0.25, 0.3) is 11.3 Å². The molecule has 0 unspecified atom stereocenters. The van der Waals surface area contributed by atoms with Crippen molar-refractivity contribution in [1.29, 1.82) is 0 Å². The molecule has 0 aliphatic carbocycles. The van der Waals surface area contributed by atoms with Crippen molar-refractivity contribution in [3.8, 4) is 11.3 Å². The van der Waals surface area contributed by atoms with Crippen LogP contribution < -0.4 is 0 Å². The van der Waals surface area contributed by atoms with Gasteiger partial charge in [0.1, 0.15) is 4.34 Å². The van der Waals surface area contributed by atoms with Gasteiger partial charge < -0.3 is 0 Å². The largest absolute Gasteiger partial charge is 0.270 e. The standard InChI is InChI=1S/C10H10Cl2N2S/c1-6(2)14-4-3-8(13-14)7-5-9(11)15-10(7)12/h3-6H,1-2H3. The van der Waals surface area contributed by atoms with Gasteiger partial charge in [0.2, 0.25) is 0 Å². The van der Waals surface area contributed by atoms with Crippen LogP contribution >= 0.6 is 34.5 Å². The Hall–Kier alpha value is -0.510. The van der Waals surface area contributed by atoms with Gasteiger partial charge in [-0.2, -0.15) is 5.10 Å². The lowest BCUT2D eigenvalue weighted by atomic mass is 10.2. The molecule has 0 fully saturated rings. The maximum Gasteiger partial charge on any atom is 0.104 e. The number of rotatable bonds is 2. The minimum atomic E-state index is 0.353. The van der Waals surface area contributed by atoms with E-state index in [1.807, 2.05) is 23.0 Å². The minimum Gasteiger partial charge on any atom is -0.270 e. The van der Waals surface area contributed by atoms with Crippen molar-refractivity contribution in [3.63, 3.8) is 0 Å². The fourth-order valence-electron chi connectivity index (χ4n) is 1.28. The first kappa shape index (κ1) is 11.0. The zero-order chi connectivity index (χ0) is 11.0. The van der Waals surface area contributed by atoms with Crippen molar-refractivity contribution in [2.24, 2.45) is 0 Å². The Balaban J connectivity index is 2.41. The predicted octanol–water partition coefficient (Wildman–Crippen LogP) is 4.50. The Morgan fingerprint density at radius 3 is 2.60 bits per heavy atom. The van der Waals surface area contributed by atoms with Crippen molar-refractivity contribution in [2.75, 3.05) is 0 Å². The van der Waals surface area contributed by atoms with Gasteiger partial charge in [-0.15, -0.1) is 11.3 Å². The van der Waals surface area contributed by atoms with Crippen LogP contribution in [0.2, 0.25) is 8.67 Å². The van der Waals surface area contributed by atoms with Crippen molar-refractivity contribution in [3.05, 3.63) is 27.0 Å². The first-order valence-corrected chi connectivity index (χ1v) is 6.15. The molecule has 0 saturated carbocycles.